The Morgan fingerprint density at radius 2 is 2.26 bits per heavy atom. The summed E-state index contributed by atoms with van der Waals surface area (Å²) < 4.78 is 5.55. The molecular formula is C16H20N4O2S. The van der Waals surface area contributed by atoms with Crippen LogP contribution < -0.4 is 5.32 Å². The molecule has 1 aliphatic carbocycles. The minimum atomic E-state index is 0.0230. The molecule has 6 nitrogen and oxygen atoms in total. The average Bonchev–Trinajstić information content (AvgIpc) is 3.05. The molecule has 1 aliphatic rings. The van der Waals surface area contributed by atoms with Crippen molar-refractivity contribution in [2.24, 2.45) is 5.92 Å². The topological polar surface area (TPSA) is 80.9 Å². The summed E-state index contributed by atoms with van der Waals surface area (Å²) in [5.41, 5.74) is 0.771. The van der Waals surface area contributed by atoms with Crippen molar-refractivity contribution in [3.05, 3.63) is 24.5 Å². The smallest absolute Gasteiger partial charge is 0.277 e. The van der Waals surface area contributed by atoms with Crippen molar-refractivity contribution in [3.63, 3.8) is 0 Å². The summed E-state index contributed by atoms with van der Waals surface area (Å²) in [4.78, 5) is 16.1. The zero-order chi connectivity index (χ0) is 16.1. The molecule has 1 amide bonds. The van der Waals surface area contributed by atoms with Crippen molar-refractivity contribution in [3.8, 4) is 11.5 Å². The second kappa shape index (κ2) is 7.59. The summed E-state index contributed by atoms with van der Waals surface area (Å²) in [6, 6.07) is 3.96. The van der Waals surface area contributed by atoms with E-state index in [0.29, 0.717) is 23.1 Å². The van der Waals surface area contributed by atoms with Crippen LogP contribution in [0.4, 0.5) is 0 Å². The van der Waals surface area contributed by atoms with Crippen LogP contribution in [0.2, 0.25) is 0 Å². The molecule has 23 heavy (non-hydrogen) atoms. The number of pyridine rings is 1. The highest BCUT2D eigenvalue weighted by molar-refractivity contribution is 7.99. The van der Waals surface area contributed by atoms with Crippen LogP contribution in [0.3, 0.4) is 0 Å². The van der Waals surface area contributed by atoms with Crippen molar-refractivity contribution in [1.82, 2.24) is 20.5 Å². The summed E-state index contributed by atoms with van der Waals surface area (Å²) in [7, 11) is 0. The molecule has 3 rings (SSSR count). The van der Waals surface area contributed by atoms with Gasteiger partial charge in [0, 0.05) is 18.4 Å². The predicted molar refractivity (Wildman–Crippen MR) is 87.8 cm³/mol. The molecule has 2 heterocycles. The van der Waals surface area contributed by atoms with Crippen molar-refractivity contribution < 1.29 is 9.21 Å². The first kappa shape index (κ1) is 16.0. The van der Waals surface area contributed by atoms with Gasteiger partial charge in [-0.2, -0.15) is 0 Å². The second-order valence-electron chi connectivity index (χ2n) is 5.84. The van der Waals surface area contributed by atoms with Gasteiger partial charge in [0.1, 0.15) is 0 Å². The SMILES string of the molecule is C[C@@H]1CCCC[C@H]1NC(=O)CSc1nnc(-c2cccnc2)o1. The van der Waals surface area contributed by atoms with Crippen LogP contribution in [-0.2, 0) is 4.79 Å². The molecule has 0 spiro atoms. The maximum atomic E-state index is 12.1. The molecule has 122 valence electrons. The van der Waals surface area contributed by atoms with Crippen molar-refractivity contribution >= 4 is 17.7 Å². The fourth-order valence-electron chi connectivity index (χ4n) is 2.78. The van der Waals surface area contributed by atoms with E-state index in [4.69, 9.17) is 4.42 Å². The van der Waals surface area contributed by atoms with Gasteiger partial charge in [-0.1, -0.05) is 31.5 Å². The maximum absolute atomic E-state index is 12.1. The third-order valence-corrected chi connectivity index (χ3v) is 4.92. The fraction of sp³-hybridized carbons (Fsp3) is 0.500. The summed E-state index contributed by atoms with van der Waals surface area (Å²) >= 11 is 1.26. The van der Waals surface area contributed by atoms with Gasteiger partial charge in [0.25, 0.3) is 5.22 Å². The van der Waals surface area contributed by atoms with E-state index in [2.05, 4.69) is 27.4 Å². The number of nitrogens with one attached hydrogen (secondary N) is 1. The van der Waals surface area contributed by atoms with Crippen LogP contribution in [0, 0.1) is 5.92 Å². The molecule has 0 bridgehead atoms. The largest absolute Gasteiger partial charge is 0.411 e. The predicted octanol–water partition coefficient (Wildman–Crippen LogP) is 2.92. The highest BCUT2D eigenvalue weighted by Crippen LogP contribution is 2.25. The molecule has 0 aromatic carbocycles. The van der Waals surface area contributed by atoms with Crippen molar-refractivity contribution in [2.75, 3.05) is 5.75 Å². The molecule has 0 aliphatic heterocycles. The Labute approximate surface area is 139 Å². The van der Waals surface area contributed by atoms with Gasteiger partial charge < -0.3 is 9.73 Å². The van der Waals surface area contributed by atoms with E-state index in [1.807, 2.05) is 12.1 Å². The highest BCUT2D eigenvalue weighted by atomic mass is 32.2. The molecule has 0 saturated heterocycles. The van der Waals surface area contributed by atoms with E-state index in [-0.39, 0.29) is 11.7 Å². The van der Waals surface area contributed by atoms with E-state index < -0.39 is 0 Å². The zero-order valence-corrected chi connectivity index (χ0v) is 13.9. The number of amides is 1. The first-order chi connectivity index (χ1) is 11.2. The second-order valence-corrected chi connectivity index (χ2v) is 6.77. The molecule has 7 heteroatoms. The summed E-state index contributed by atoms with van der Waals surface area (Å²) in [5.74, 6) is 1.29. The number of rotatable bonds is 5. The number of aromatic nitrogens is 3. The van der Waals surface area contributed by atoms with Crippen LogP contribution >= 0.6 is 11.8 Å². The van der Waals surface area contributed by atoms with Gasteiger partial charge >= 0.3 is 0 Å². The molecule has 2 atom stereocenters. The number of nitrogens with zero attached hydrogens (tertiary/aromatic N) is 3. The molecule has 2 aromatic heterocycles. The molecule has 1 saturated carbocycles. The Morgan fingerprint density at radius 3 is 3.04 bits per heavy atom. The van der Waals surface area contributed by atoms with Crippen LogP contribution in [0.1, 0.15) is 32.6 Å². The number of thioether (sulfide) groups is 1. The molecule has 0 unspecified atom stereocenters. The van der Waals surface area contributed by atoms with Gasteiger partial charge in [-0.15, -0.1) is 10.2 Å². The average molecular weight is 332 g/mol. The van der Waals surface area contributed by atoms with Gasteiger partial charge in [-0.3, -0.25) is 9.78 Å². The molecule has 1 N–H and O–H groups in total. The molecular weight excluding hydrogens is 312 g/mol. The Balaban J connectivity index is 1.50. The van der Waals surface area contributed by atoms with Crippen molar-refractivity contribution in [1.29, 1.82) is 0 Å². The van der Waals surface area contributed by atoms with Crippen LogP contribution in [-0.4, -0.2) is 32.9 Å². The first-order valence-electron chi connectivity index (χ1n) is 7.88. The van der Waals surface area contributed by atoms with Crippen LogP contribution in [0.25, 0.3) is 11.5 Å². The Kier molecular flexibility index (Phi) is 5.27. The standard InChI is InChI=1S/C16H20N4O2S/c1-11-5-2-3-7-13(11)18-14(21)10-23-16-20-19-15(22-16)12-6-4-8-17-9-12/h4,6,8-9,11,13H,2-3,5,7,10H2,1H3,(H,18,21)/t11-,13-/m1/s1. The van der Waals surface area contributed by atoms with Crippen molar-refractivity contribution in [2.45, 2.75) is 43.9 Å². The number of hydrogen-bond donors (Lipinski definition) is 1. The quantitative estimate of drug-likeness (QED) is 0.848. The lowest BCUT2D eigenvalue weighted by Crippen LogP contribution is -2.41. The van der Waals surface area contributed by atoms with E-state index in [1.165, 1.54) is 31.0 Å². The Bertz CT molecular complexity index is 647. The molecule has 1 fully saturated rings. The minimum absolute atomic E-state index is 0.0230. The van der Waals surface area contributed by atoms with Gasteiger partial charge in [0.2, 0.25) is 11.8 Å². The van der Waals surface area contributed by atoms with E-state index in [9.17, 15) is 4.79 Å². The monoisotopic (exact) mass is 332 g/mol. The van der Waals surface area contributed by atoms with E-state index in [0.717, 1.165) is 12.0 Å². The van der Waals surface area contributed by atoms with Gasteiger partial charge in [0.15, 0.2) is 0 Å². The van der Waals surface area contributed by atoms with Gasteiger partial charge in [0.05, 0.1) is 11.3 Å². The third kappa shape index (κ3) is 4.31. The zero-order valence-electron chi connectivity index (χ0n) is 13.1. The van der Waals surface area contributed by atoms with Crippen LogP contribution in [0.15, 0.2) is 34.2 Å². The van der Waals surface area contributed by atoms with Crippen LogP contribution in [0.5, 0.6) is 0 Å². The lowest BCUT2D eigenvalue weighted by Gasteiger charge is -2.29. The summed E-state index contributed by atoms with van der Waals surface area (Å²) in [6.07, 6.45) is 8.08. The maximum Gasteiger partial charge on any atom is 0.277 e. The van der Waals surface area contributed by atoms with Gasteiger partial charge in [-0.25, -0.2) is 0 Å². The first-order valence-corrected chi connectivity index (χ1v) is 8.87. The van der Waals surface area contributed by atoms with E-state index in [1.54, 1.807) is 12.4 Å². The number of carbonyl (C=O) groups is 1. The normalized spacial score (nSPS) is 21.1. The van der Waals surface area contributed by atoms with Gasteiger partial charge in [-0.05, 0) is 30.9 Å². The Morgan fingerprint density at radius 1 is 1.39 bits per heavy atom. The molecule has 0 radical (unpaired) electrons. The number of carbonyl (C=O) groups excluding carboxylic acids is 1. The molecule has 2 aromatic rings. The summed E-state index contributed by atoms with van der Waals surface area (Å²) in [5, 5.41) is 11.5. The Hall–Kier alpha value is -1.89. The lowest BCUT2D eigenvalue weighted by atomic mass is 9.86. The fourth-order valence-corrected chi connectivity index (χ4v) is 3.35. The minimum Gasteiger partial charge on any atom is -0.411 e. The number of hydrogen-bond acceptors (Lipinski definition) is 6. The third-order valence-electron chi connectivity index (χ3n) is 4.10. The lowest BCUT2D eigenvalue weighted by molar-refractivity contribution is -0.119. The van der Waals surface area contributed by atoms with E-state index >= 15 is 0 Å². The highest BCUT2D eigenvalue weighted by Gasteiger charge is 2.23. The summed E-state index contributed by atoms with van der Waals surface area (Å²) in [6.45, 7) is 2.20.